The lowest BCUT2D eigenvalue weighted by Gasteiger charge is -2.20. The minimum absolute atomic E-state index is 0.153. The molecule has 2 unspecified atom stereocenters. The number of halogens is 1. The van der Waals surface area contributed by atoms with E-state index in [4.69, 9.17) is 0 Å². The van der Waals surface area contributed by atoms with E-state index in [1.54, 1.807) is 30.3 Å². The van der Waals surface area contributed by atoms with Crippen LogP contribution in [0.2, 0.25) is 0 Å². The molecule has 0 spiro atoms. The van der Waals surface area contributed by atoms with E-state index in [9.17, 15) is 14.0 Å². The van der Waals surface area contributed by atoms with Crippen molar-refractivity contribution < 1.29 is 14.0 Å². The van der Waals surface area contributed by atoms with Gasteiger partial charge in [0.25, 0.3) is 0 Å². The average Bonchev–Trinajstić information content (AvgIpc) is 3.08. The van der Waals surface area contributed by atoms with Crippen LogP contribution in [0.3, 0.4) is 0 Å². The predicted octanol–water partition coefficient (Wildman–Crippen LogP) is 2.50. The monoisotopic (exact) mass is 356 g/mol. The Bertz CT molecular complexity index is 823. The van der Waals surface area contributed by atoms with Crippen LogP contribution < -0.4 is 21.5 Å². The van der Waals surface area contributed by atoms with Gasteiger partial charge in [0.15, 0.2) is 0 Å². The fourth-order valence-corrected chi connectivity index (χ4v) is 3.05. The summed E-state index contributed by atoms with van der Waals surface area (Å²) in [6.45, 7) is 3.73. The van der Waals surface area contributed by atoms with Gasteiger partial charge in [-0.2, -0.15) is 0 Å². The zero-order valence-corrected chi connectivity index (χ0v) is 14.6. The summed E-state index contributed by atoms with van der Waals surface area (Å²) < 4.78 is 13.1. The Hall–Kier alpha value is -2.77. The molecule has 2 aromatic carbocycles. The van der Waals surface area contributed by atoms with Crippen molar-refractivity contribution in [3.8, 4) is 0 Å². The summed E-state index contributed by atoms with van der Waals surface area (Å²) in [5, 5.41) is 5.68. The lowest BCUT2D eigenvalue weighted by Crippen LogP contribution is -2.30. The second-order valence-electron chi connectivity index (χ2n) is 6.31. The van der Waals surface area contributed by atoms with Crippen molar-refractivity contribution >= 4 is 23.2 Å². The molecular formula is C19H21FN4O2. The third kappa shape index (κ3) is 3.89. The van der Waals surface area contributed by atoms with E-state index in [-0.39, 0.29) is 29.6 Å². The van der Waals surface area contributed by atoms with Gasteiger partial charge in [0.05, 0.1) is 12.0 Å². The Balaban J connectivity index is 1.77. The largest absolute Gasteiger partial charge is 0.326 e. The zero-order valence-electron chi connectivity index (χ0n) is 14.6. The molecule has 136 valence electrons. The van der Waals surface area contributed by atoms with Gasteiger partial charge in [0.2, 0.25) is 11.8 Å². The third-order valence-corrected chi connectivity index (χ3v) is 4.45. The van der Waals surface area contributed by atoms with Crippen LogP contribution in [0.25, 0.3) is 0 Å². The van der Waals surface area contributed by atoms with Gasteiger partial charge in [-0.05, 0) is 42.3 Å². The van der Waals surface area contributed by atoms with E-state index in [0.717, 1.165) is 11.1 Å². The van der Waals surface area contributed by atoms with E-state index in [1.165, 1.54) is 19.1 Å². The van der Waals surface area contributed by atoms with Gasteiger partial charge < -0.3 is 10.6 Å². The molecule has 1 fully saturated rings. The summed E-state index contributed by atoms with van der Waals surface area (Å²) in [6.07, 6.45) is 0. The molecule has 1 aliphatic rings. The van der Waals surface area contributed by atoms with Gasteiger partial charge in [-0.3, -0.25) is 15.0 Å². The Kier molecular flexibility index (Phi) is 5.29. The van der Waals surface area contributed by atoms with E-state index >= 15 is 0 Å². The van der Waals surface area contributed by atoms with Crippen LogP contribution in [-0.2, 0) is 9.59 Å². The van der Waals surface area contributed by atoms with Crippen LogP contribution in [0.4, 0.5) is 15.8 Å². The number of rotatable bonds is 4. The van der Waals surface area contributed by atoms with Crippen LogP contribution >= 0.6 is 0 Å². The quantitative estimate of drug-likeness (QED) is 0.678. The molecule has 2 amide bonds. The van der Waals surface area contributed by atoms with Crippen molar-refractivity contribution in [3.05, 3.63) is 59.4 Å². The maximum atomic E-state index is 13.1. The molecule has 6 nitrogen and oxygen atoms in total. The summed E-state index contributed by atoms with van der Waals surface area (Å²) in [7, 11) is 0. The summed E-state index contributed by atoms with van der Waals surface area (Å²) in [6, 6.07) is 11.2. The Morgan fingerprint density at radius 3 is 2.38 bits per heavy atom. The number of hydrogen-bond acceptors (Lipinski definition) is 4. The fraction of sp³-hybridized carbons (Fsp3) is 0.263. The summed E-state index contributed by atoms with van der Waals surface area (Å²) in [5.74, 6) is -0.993. The number of amides is 2. The maximum Gasteiger partial charge on any atom is 0.230 e. The molecule has 26 heavy (non-hydrogen) atoms. The number of carbonyl (C=O) groups excluding carboxylic acids is 2. The van der Waals surface area contributed by atoms with E-state index < -0.39 is 0 Å². The van der Waals surface area contributed by atoms with Crippen molar-refractivity contribution in [2.45, 2.75) is 19.9 Å². The highest BCUT2D eigenvalue weighted by Gasteiger charge is 2.34. The molecule has 3 rings (SSSR count). The highest BCUT2D eigenvalue weighted by molar-refractivity contribution is 5.96. The minimum atomic E-state index is -0.357. The first-order valence-electron chi connectivity index (χ1n) is 8.37. The Labute approximate surface area is 151 Å². The van der Waals surface area contributed by atoms with Crippen LogP contribution in [0.15, 0.2) is 42.5 Å². The average molecular weight is 356 g/mol. The molecule has 2 atom stereocenters. The first kappa shape index (κ1) is 18.0. The zero-order chi connectivity index (χ0) is 18.7. The normalized spacial score (nSPS) is 19.2. The van der Waals surface area contributed by atoms with Gasteiger partial charge in [0.1, 0.15) is 5.82 Å². The molecule has 7 heteroatoms. The molecule has 0 bridgehead atoms. The van der Waals surface area contributed by atoms with Gasteiger partial charge in [-0.15, -0.1) is 0 Å². The first-order chi connectivity index (χ1) is 12.5. The summed E-state index contributed by atoms with van der Waals surface area (Å²) in [5.41, 5.74) is 8.99. The number of carbonyl (C=O) groups is 2. The van der Waals surface area contributed by atoms with Crippen LogP contribution in [-0.4, -0.2) is 18.4 Å². The Morgan fingerprint density at radius 1 is 1.08 bits per heavy atom. The molecule has 0 saturated carbocycles. The van der Waals surface area contributed by atoms with Gasteiger partial charge in [-0.1, -0.05) is 18.2 Å². The topological polar surface area (TPSA) is 82.3 Å². The molecule has 2 aromatic rings. The number of hydrazine groups is 1. The van der Waals surface area contributed by atoms with Gasteiger partial charge >= 0.3 is 0 Å². The highest BCUT2D eigenvalue weighted by Crippen LogP contribution is 2.28. The molecule has 0 radical (unpaired) electrons. The third-order valence-electron chi connectivity index (χ3n) is 4.45. The van der Waals surface area contributed by atoms with Crippen molar-refractivity contribution in [3.63, 3.8) is 0 Å². The molecular weight excluding hydrogens is 335 g/mol. The lowest BCUT2D eigenvalue weighted by molar-refractivity contribution is -0.119. The smallest absolute Gasteiger partial charge is 0.230 e. The molecule has 4 N–H and O–H groups in total. The molecule has 1 heterocycles. The van der Waals surface area contributed by atoms with Crippen molar-refractivity contribution in [1.29, 1.82) is 0 Å². The fourth-order valence-electron chi connectivity index (χ4n) is 3.05. The van der Waals surface area contributed by atoms with Crippen LogP contribution in [0.1, 0.15) is 24.1 Å². The standard InChI is InChI=1S/C19H21FN4O2/c1-11-16(22-12(2)25)4-3-5-17(11)23-19(26)15-10-21-24-18(15)13-6-8-14(20)9-7-13/h3-9,15,18,21,24H,10H2,1-2H3,(H,22,25)(H,23,26). The molecule has 0 aromatic heterocycles. The van der Waals surface area contributed by atoms with E-state index in [1.807, 2.05) is 6.92 Å². The minimum Gasteiger partial charge on any atom is -0.326 e. The molecule has 1 aliphatic heterocycles. The maximum absolute atomic E-state index is 13.1. The van der Waals surface area contributed by atoms with Crippen LogP contribution in [0.5, 0.6) is 0 Å². The predicted molar refractivity (Wildman–Crippen MR) is 97.9 cm³/mol. The molecule has 1 saturated heterocycles. The highest BCUT2D eigenvalue weighted by atomic mass is 19.1. The SMILES string of the molecule is CC(=O)Nc1cccc(NC(=O)C2CNNC2c2ccc(F)cc2)c1C. The number of hydrogen-bond donors (Lipinski definition) is 4. The second kappa shape index (κ2) is 7.63. The first-order valence-corrected chi connectivity index (χ1v) is 8.37. The summed E-state index contributed by atoms with van der Waals surface area (Å²) >= 11 is 0. The van der Waals surface area contributed by atoms with Gasteiger partial charge in [0, 0.05) is 24.8 Å². The van der Waals surface area contributed by atoms with Crippen molar-refractivity contribution in [2.75, 3.05) is 17.2 Å². The number of nitrogens with one attached hydrogen (secondary N) is 4. The van der Waals surface area contributed by atoms with Crippen LogP contribution in [0, 0.1) is 18.7 Å². The van der Waals surface area contributed by atoms with E-state index in [2.05, 4.69) is 21.5 Å². The molecule has 0 aliphatic carbocycles. The van der Waals surface area contributed by atoms with Crippen molar-refractivity contribution in [2.24, 2.45) is 5.92 Å². The van der Waals surface area contributed by atoms with Crippen molar-refractivity contribution in [1.82, 2.24) is 10.9 Å². The Morgan fingerprint density at radius 2 is 1.73 bits per heavy atom. The second-order valence-corrected chi connectivity index (χ2v) is 6.31. The summed E-state index contributed by atoms with van der Waals surface area (Å²) in [4.78, 5) is 24.1. The number of anilines is 2. The number of benzene rings is 2. The van der Waals surface area contributed by atoms with E-state index in [0.29, 0.717) is 17.9 Å². The van der Waals surface area contributed by atoms with Gasteiger partial charge in [-0.25, -0.2) is 9.82 Å². The lowest BCUT2D eigenvalue weighted by atomic mass is 9.94.